The highest BCUT2D eigenvalue weighted by molar-refractivity contribution is 5.66. The van der Waals surface area contributed by atoms with E-state index in [2.05, 4.69) is 35.9 Å². The fraction of sp³-hybridized carbons (Fsp3) is 0.333. The minimum Gasteiger partial charge on any atom is -0.310 e. The highest BCUT2D eigenvalue weighted by atomic mass is 16.1. The van der Waals surface area contributed by atoms with Crippen LogP contribution in [0, 0.1) is 20.8 Å². The Kier molecular flexibility index (Phi) is 3.32. The molecule has 0 amide bonds. The van der Waals surface area contributed by atoms with Gasteiger partial charge in [0.15, 0.2) is 0 Å². The summed E-state index contributed by atoms with van der Waals surface area (Å²) in [6, 6.07) is 6.21. The van der Waals surface area contributed by atoms with Gasteiger partial charge in [-0.05, 0) is 26.3 Å². The molecule has 0 aliphatic rings. The lowest BCUT2D eigenvalue weighted by atomic mass is 10.0. The van der Waals surface area contributed by atoms with Crippen molar-refractivity contribution in [1.82, 2.24) is 9.97 Å². The van der Waals surface area contributed by atoms with Gasteiger partial charge in [0.25, 0.3) is 5.56 Å². The Bertz CT molecular complexity index is 641. The van der Waals surface area contributed by atoms with Crippen molar-refractivity contribution in [3.63, 3.8) is 0 Å². The summed E-state index contributed by atoms with van der Waals surface area (Å²) in [5.74, 6) is 0.737. The summed E-state index contributed by atoms with van der Waals surface area (Å²) in [6.45, 7) is 7.92. The average Bonchev–Trinajstić information content (AvgIpc) is 2.33. The van der Waals surface area contributed by atoms with Crippen molar-refractivity contribution in [1.29, 1.82) is 0 Å². The Morgan fingerprint density at radius 1 is 1.22 bits per heavy atom. The molecule has 0 aliphatic carbocycles. The van der Waals surface area contributed by atoms with Crippen LogP contribution in [0.2, 0.25) is 0 Å². The molecule has 1 aromatic carbocycles. The van der Waals surface area contributed by atoms with Crippen LogP contribution in [0.4, 0.5) is 0 Å². The second-order valence-electron chi connectivity index (χ2n) is 4.66. The highest BCUT2D eigenvalue weighted by Crippen LogP contribution is 2.23. The number of H-pyrrole nitrogens is 1. The second kappa shape index (κ2) is 4.77. The van der Waals surface area contributed by atoms with E-state index < -0.39 is 0 Å². The van der Waals surface area contributed by atoms with Gasteiger partial charge < -0.3 is 4.98 Å². The lowest BCUT2D eigenvalue weighted by Crippen LogP contribution is -2.16. The maximum Gasteiger partial charge on any atom is 0.254 e. The number of benzene rings is 1. The first-order valence-corrected chi connectivity index (χ1v) is 6.20. The van der Waals surface area contributed by atoms with E-state index in [4.69, 9.17) is 0 Å². The first kappa shape index (κ1) is 12.6. The molecule has 3 heteroatoms. The zero-order valence-electron chi connectivity index (χ0n) is 11.3. The van der Waals surface area contributed by atoms with E-state index in [9.17, 15) is 4.79 Å². The molecular formula is C15H18N2O. The molecule has 0 fully saturated rings. The smallest absolute Gasteiger partial charge is 0.254 e. The molecule has 3 nitrogen and oxygen atoms in total. The summed E-state index contributed by atoms with van der Waals surface area (Å²) in [5.41, 5.74) is 4.84. The van der Waals surface area contributed by atoms with E-state index in [1.54, 1.807) is 0 Å². The number of aromatic nitrogens is 2. The van der Waals surface area contributed by atoms with E-state index in [-0.39, 0.29) is 5.56 Å². The molecule has 2 rings (SSSR count). The van der Waals surface area contributed by atoms with Crippen LogP contribution in [0.5, 0.6) is 0 Å². The molecule has 0 aliphatic heterocycles. The number of nitrogens with zero attached hydrogens (tertiary/aromatic N) is 1. The largest absolute Gasteiger partial charge is 0.310 e. The SMILES string of the molecule is CCc1nc(-c2ccc(C)cc2C)c(C)c(=O)[nH]1. The third-order valence-corrected chi connectivity index (χ3v) is 3.17. The van der Waals surface area contributed by atoms with E-state index in [0.717, 1.165) is 29.1 Å². The quantitative estimate of drug-likeness (QED) is 0.880. The van der Waals surface area contributed by atoms with Crippen molar-refractivity contribution in [3.05, 3.63) is 51.1 Å². The normalized spacial score (nSPS) is 10.7. The molecule has 0 spiro atoms. The van der Waals surface area contributed by atoms with Crippen LogP contribution in [-0.4, -0.2) is 9.97 Å². The topological polar surface area (TPSA) is 45.8 Å². The molecule has 94 valence electrons. The van der Waals surface area contributed by atoms with Crippen LogP contribution in [-0.2, 0) is 6.42 Å². The van der Waals surface area contributed by atoms with Gasteiger partial charge in [-0.15, -0.1) is 0 Å². The number of hydrogen-bond acceptors (Lipinski definition) is 2. The molecule has 0 saturated heterocycles. The Balaban J connectivity index is 2.70. The second-order valence-corrected chi connectivity index (χ2v) is 4.66. The summed E-state index contributed by atoms with van der Waals surface area (Å²) in [7, 11) is 0. The van der Waals surface area contributed by atoms with Crippen molar-refractivity contribution in [3.8, 4) is 11.3 Å². The highest BCUT2D eigenvalue weighted by Gasteiger charge is 2.11. The first-order chi connectivity index (χ1) is 8.52. The molecule has 1 aromatic heterocycles. The molecule has 0 bridgehead atoms. The molecule has 0 saturated carbocycles. The van der Waals surface area contributed by atoms with Gasteiger partial charge in [0.05, 0.1) is 5.69 Å². The van der Waals surface area contributed by atoms with Gasteiger partial charge >= 0.3 is 0 Å². The standard InChI is InChI=1S/C15H18N2O/c1-5-13-16-14(11(4)15(18)17-13)12-7-6-9(2)8-10(12)3/h6-8H,5H2,1-4H3,(H,16,17,18). The molecule has 0 radical (unpaired) electrons. The monoisotopic (exact) mass is 242 g/mol. The van der Waals surface area contributed by atoms with Gasteiger partial charge in [0.1, 0.15) is 5.82 Å². The predicted molar refractivity (Wildman–Crippen MR) is 73.9 cm³/mol. The van der Waals surface area contributed by atoms with Crippen molar-refractivity contribution in [2.75, 3.05) is 0 Å². The fourth-order valence-electron chi connectivity index (χ4n) is 2.09. The summed E-state index contributed by atoms with van der Waals surface area (Å²) in [5, 5.41) is 0. The Morgan fingerprint density at radius 2 is 1.94 bits per heavy atom. The molecular weight excluding hydrogens is 224 g/mol. The van der Waals surface area contributed by atoms with Gasteiger partial charge in [-0.3, -0.25) is 4.79 Å². The maximum atomic E-state index is 11.9. The van der Waals surface area contributed by atoms with Gasteiger partial charge in [0, 0.05) is 17.5 Å². The minimum atomic E-state index is -0.0446. The van der Waals surface area contributed by atoms with E-state index in [0.29, 0.717) is 5.56 Å². The number of aryl methyl sites for hydroxylation is 3. The molecule has 2 aromatic rings. The van der Waals surface area contributed by atoms with Crippen LogP contribution in [0.3, 0.4) is 0 Å². The lowest BCUT2D eigenvalue weighted by molar-refractivity contribution is 0.911. The van der Waals surface area contributed by atoms with Crippen molar-refractivity contribution < 1.29 is 0 Å². The predicted octanol–water partition coefficient (Wildman–Crippen LogP) is 2.92. The summed E-state index contributed by atoms with van der Waals surface area (Å²) in [6.07, 6.45) is 0.730. The molecule has 1 heterocycles. The van der Waals surface area contributed by atoms with Crippen LogP contribution in [0.15, 0.2) is 23.0 Å². The maximum absolute atomic E-state index is 11.9. The fourth-order valence-corrected chi connectivity index (χ4v) is 2.09. The third-order valence-electron chi connectivity index (χ3n) is 3.17. The molecule has 1 N–H and O–H groups in total. The molecule has 0 unspecified atom stereocenters. The van der Waals surface area contributed by atoms with E-state index in [1.165, 1.54) is 5.56 Å². The number of aromatic amines is 1. The summed E-state index contributed by atoms with van der Waals surface area (Å²) in [4.78, 5) is 19.2. The van der Waals surface area contributed by atoms with Crippen LogP contribution in [0.1, 0.15) is 29.4 Å². The number of hydrogen-bond donors (Lipinski definition) is 1. The van der Waals surface area contributed by atoms with Gasteiger partial charge in [0.2, 0.25) is 0 Å². The average molecular weight is 242 g/mol. The molecule has 18 heavy (non-hydrogen) atoms. The minimum absolute atomic E-state index is 0.0446. The first-order valence-electron chi connectivity index (χ1n) is 6.20. The van der Waals surface area contributed by atoms with Gasteiger partial charge in [-0.1, -0.05) is 30.7 Å². The number of nitrogens with one attached hydrogen (secondary N) is 1. The van der Waals surface area contributed by atoms with E-state index >= 15 is 0 Å². The Morgan fingerprint density at radius 3 is 2.56 bits per heavy atom. The van der Waals surface area contributed by atoms with Crippen LogP contribution < -0.4 is 5.56 Å². The van der Waals surface area contributed by atoms with Crippen molar-refractivity contribution in [2.45, 2.75) is 34.1 Å². The van der Waals surface area contributed by atoms with E-state index in [1.807, 2.05) is 19.9 Å². The third kappa shape index (κ3) is 2.21. The Labute approximate surface area is 107 Å². The zero-order chi connectivity index (χ0) is 13.3. The van der Waals surface area contributed by atoms with Crippen LogP contribution in [0.25, 0.3) is 11.3 Å². The summed E-state index contributed by atoms with van der Waals surface area (Å²) < 4.78 is 0. The van der Waals surface area contributed by atoms with Crippen LogP contribution >= 0.6 is 0 Å². The van der Waals surface area contributed by atoms with Gasteiger partial charge in [-0.25, -0.2) is 4.98 Å². The summed E-state index contributed by atoms with van der Waals surface area (Å²) >= 11 is 0. The zero-order valence-corrected chi connectivity index (χ0v) is 11.3. The van der Waals surface area contributed by atoms with Crippen molar-refractivity contribution in [2.24, 2.45) is 0 Å². The lowest BCUT2D eigenvalue weighted by Gasteiger charge is -2.10. The van der Waals surface area contributed by atoms with Gasteiger partial charge in [-0.2, -0.15) is 0 Å². The Hall–Kier alpha value is -1.90. The van der Waals surface area contributed by atoms with Crippen molar-refractivity contribution >= 4 is 0 Å². The number of rotatable bonds is 2. The molecule has 0 atom stereocenters.